The van der Waals surface area contributed by atoms with E-state index in [-0.39, 0.29) is 29.8 Å². The van der Waals surface area contributed by atoms with Gasteiger partial charge in [0, 0.05) is 31.7 Å². The minimum Gasteiger partial charge on any atom is -0.444 e. The van der Waals surface area contributed by atoms with Gasteiger partial charge in [0.2, 0.25) is 0 Å². The van der Waals surface area contributed by atoms with Crippen molar-refractivity contribution in [3.05, 3.63) is 35.1 Å². The first-order chi connectivity index (χ1) is 13.6. The molecule has 0 aliphatic heterocycles. The second-order valence-electron chi connectivity index (χ2n) is 8.07. The van der Waals surface area contributed by atoms with Gasteiger partial charge >= 0.3 is 6.09 Å². The quantitative estimate of drug-likeness (QED) is 0.195. The molecule has 0 atom stereocenters. The van der Waals surface area contributed by atoms with Crippen molar-refractivity contribution >= 4 is 36.0 Å². The molecule has 0 unspecified atom stereocenters. The molecule has 0 bridgehead atoms. The summed E-state index contributed by atoms with van der Waals surface area (Å²) in [5, 5.41) is 9.15. The summed E-state index contributed by atoms with van der Waals surface area (Å²) in [4.78, 5) is 18.1. The summed E-state index contributed by atoms with van der Waals surface area (Å²) in [6, 6.07) is 5.10. The molecule has 0 aliphatic carbocycles. The number of hydrogen-bond acceptors (Lipinski definition) is 4. The molecule has 1 aromatic rings. The lowest BCUT2D eigenvalue weighted by molar-refractivity contribution is 0.0527. The van der Waals surface area contributed by atoms with Gasteiger partial charge in [-0.05, 0) is 65.9 Å². The van der Waals surface area contributed by atoms with Gasteiger partial charge in [0.25, 0.3) is 0 Å². The van der Waals surface area contributed by atoms with Crippen molar-refractivity contribution in [2.24, 2.45) is 4.99 Å². The van der Waals surface area contributed by atoms with E-state index in [9.17, 15) is 9.18 Å². The lowest BCUT2D eigenvalue weighted by atomic mass is 10.1. The highest BCUT2D eigenvalue weighted by molar-refractivity contribution is 14.0. The molecule has 3 N–H and O–H groups in total. The zero-order chi connectivity index (χ0) is 21.9. The van der Waals surface area contributed by atoms with Crippen molar-refractivity contribution in [2.75, 3.05) is 33.7 Å². The predicted octanol–water partition coefficient (Wildman–Crippen LogP) is 3.48. The Bertz CT molecular complexity index is 678. The number of guanidine groups is 1. The van der Waals surface area contributed by atoms with E-state index in [0.717, 1.165) is 18.5 Å². The number of ether oxygens (including phenoxy) is 1. The molecule has 1 amide bonds. The summed E-state index contributed by atoms with van der Waals surface area (Å²) in [6.07, 6.45) is 0.315. The molecule has 0 spiro atoms. The van der Waals surface area contributed by atoms with Gasteiger partial charge in [-0.15, -0.1) is 24.0 Å². The van der Waals surface area contributed by atoms with E-state index in [1.165, 1.54) is 6.07 Å². The molecule has 0 aromatic heterocycles. The second-order valence-corrected chi connectivity index (χ2v) is 8.07. The average molecular weight is 537 g/mol. The maximum absolute atomic E-state index is 13.9. The number of carbonyl (C=O) groups is 1. The molecule has 30 heavy (non-hydrogen) atoms. The SMILES string of the molecule is CCNC(=NCc1ccc(F)c(CN(C)C)c1)NCCCNC(=O)OC(C)(C)C.I. The zero-order valence-corrected chi connectivity index (χ0v) is 21.3. The van der Waals surface area contributed by atoms with Gasteiger partial charge in [-0.1, -0.05) is 6.07 Å². The fraction of sp³-hybridized carbons (Fsp3) is 0.619. The maximum Gasteiger partial charge on any atom is 0.407 e. The van der Waals surface area contributed by atoms with Crippen molar-refractivity contribution in [1.29, 1.82) is 0 Å². The Kier molecular flexibility index (Phi) is 13.6. The van der Waals surface area contributed by atoms with E-state index in [2.05, 4.69) is 20.9 Å². The number of amides is 1. The summed E-state index contributed by atoms with van der Waals surface area (Å²) in [5.74, 6) is 0.484. The number of nitrogens with zero attached hydrogens (tertiary/aromatic N) is 2. The third-order valence-electron chi connectivity index (χ3n) is 3.67. The minimum atomic E-state index is -0.500. The van der Waals surface area contributed by atoms with Gasteiger partial charge in [-0.3, -0.25) is 0 Å². The van der Waals surface area contributed by atoms with Crippen LogP contribution < -0.4 is 16.0 Å². The van der Waals surface area contributed by atoms with Gasteiger partial charge in [-0.2, -0.15) is 0 Å². The normalized spacial score (nSPS) is 11.7. The fourth-order valence-corrected chi connectivity index (χ4v) is 2.50. The molecular formula is C21H37FIN5O2. The van der Waals surface area contributed by atoms with Crippen molar-refractivity contribution in [3.63, 3.8) is 0 Å². The molecule has 0 saturated carbocycles. The summed E-state index contributed by atoms with van der Waals surface area (Å²) in [7, 11) is 3.82. The van der Waals surface area contributed by atoms with Crippen LogP contribution in [-0.4, -0.2) is 56.3 Å². The molecule has 0 fully saturated rings. The number of carbonyl (C=O) groups excluding carboxylic acids is 1. The van der Waals surface area contributed by atoms with Crippen molar-refractivity contribution in [3.8, 4) is 0 Å². The highest BCUT2D eigenvalue weighted by atomic mass is 127. The third-order valence-corrected chi connectivity index (χ3v) is 3.67. The summed E-state index contributed by atoms with van der Waals surface area (Å²) < 4.78 is 19.1. The Morgan fingerprint density at radius 3 is 2.43 bits per heavy atom. The first kappa shape index (κ1) is 28.4. The van der Waals surface area contributed by atoms with Crippen LogP contribution in [0.15, 0.2) is 23.2 Å². The Hall–Kier alpha value is -1.62. The first-order valence-electron chi connectivity index (χ1n) is 10.0. The van der Waals surface area contributed by atoms with Crippen LogP contribution in [0.1, 0.15) is 45.2 Å². The number of aliphatic imine (C=N–C) groups is 1. The van der Waals surface area contributed by atoms with E-state index in [1.54, 1.807) is 6.07 Å². The Morgan fingerprint density at radius 1 is 1.17 bits per heavy atom. The second kappa shape index (κ2) is 14.4. The largest absolute Gasteiger partial charge is 0.444 e. The van der Waals surface area contributed by atoms with E-state index < -0.39 is 11.7 Å². The van der Waals surface area contributed by atoms with Crippen LogP contribution in [0.4, 0.5) is 9.18 Å². The van der Waals surface area contributed by atoms with Crippen molar-refractivity contribution < 1.29 is 13.9 Å². The lowest BCUT2D eigenvalue weighted by Gasteiger charge is -2.19. The molecule has 9 heteroatoms. The van der Waals surface area contributed by atoms with Crippen LogP contribution in [-0.2, 0) is 17.8 Å². The number of nitrogens with one attached hydrogen (secondary N) is 3. The van der Waals surface area contributed by atoms with Gasteiger partial charge in [0.15, 0.2) is 5.96 Å². The Labute approximate surface area is 197 Å². The van der Waals surface area contributed by atoms with Gasteiger partial charge in [0.1, 0.15) is 11.4 Å². The van der Waals surface area contributed by atoms with Gasteiger partial charge < -0.3 is 25.6 Å². The molecule has 0 aliphatic rings. The van der Waals surface area contributed by atoms with Crippen LogP contribution in [0.25, 0.3) is 0 Å². The zero-order valence-electron chi connectivity index (χ0n) is 19.0. The van der Waals surface area contributed by atoms with E-state index in [4.69, 9.17) is 4.74 Å². The van der Waals surface area contributed by atoms with Gasteiger partial charge in [0.05, 0.1) is 6.54 Å². The molecule has 0 radical (unpaired) electrons. The number of alkyl carbamates (subject to hydrolysis) is 1. The third kappa shape index (κ3) is 12.8. The fourth-order valence-electron chi connectivity index (χ4n) is 2.50. The number of hydrogen-bond donors (Lipinski definition) is 3. The number of benzene rings is 1. The van der Waals surface area contributed by atoms with Gasteiger partial charge in [-0.25, -0.2) is 14.2 Å². The first-order valence-corrected chi connectivity index (χ1v) is 10.0. The molecule has 172 valence electrons. The number of rotatable bonds is 9. The molecule has 0 saturated heterocycles. The highest BCUT2D eigenvalue weighted by Crippen LogP contribution is 2.13. The smallest absolute Gasteiger partial charge is 0.407 e. The molecule has 1 aromatic carbocycles. The summed E-state index contributed by atoms with van der Waals surface area (Å²) in [5.41, 5.74) is 1.11. The van der Waals surface area contributed by atoms with Crippen LogP contribution >= 0.6 is 24.0 Å². The summed E-state index contributed by atoms with van der Waals surface area (Å²) >= 11 is 0. The topological polar surface area (TPSA) is 78.0 Å². The van der Waals surface area contributed by atoms with Crippen LogP contribution in [0, 0.1) is 5.82 Å². The molecule has 7 nitrogen and oxygen atoms in total. The minimum absolute atomic E-state index is 0. The summed E-state index contributed by atoms with van der Waals surface area (Å²) in [6.45, 7) is 10.4. The Balaban J connectivity index is 0.00000841. The Morgan fingerprint density at radius 2 is 1.83 bits per heavy atom. The molecule has 1 rings (SSSR count). The van der Waals surface area contributed by atoms with E-state index >= 15 is 0 Å². The van der Waals surface area contributed by atoms with Crippen molar-refractivity contribution in [1.82, 2.24) is 20.9 Å². The molecule has 0 heterocycles. The van der Waals surface area contributed by atoms with E-state index in [1.807, 2.05) is 52.8 Å². The highest BCUT2D eigenvalue weighted by Gasteiger charge is 2.15. The van der Waals surface area contributed by atoms with Crippen LogP contribution in [0.5, 0.6) is 0 Å². The van der Waals surface area contributed by atoms with Crippen LogP contribution in [0.3, 0.4) is 0 Å². The monoisotopic (exact) mass is 537 g/mol. The predicted molar refractivity (Wildman–Crippen MR) is 131 cm³/mol. The van der Waals surface area contributed by atoms with E-state index in [0.29, 0.717) is 37.7 Å². The van der Waals surface area contributed by atoms with Crippen molar-refractivity contribution in [2.45, 2.75) is 52.8 Å². The maximum atomic E-state index is 13.9. The molecular weight excluding hydrogens is 500 g/mol. The lowest BCUT2D eigenvalue weighted by Crippen LogP contribution is -2.39. The standard InChI is InChI=1S/C21H36FN5O2.HI/c1-7-23-19(24-11-8-12-25-20(28)29-21(2,3)4)26-14-16-9-10-18(22)17(13-16)15-27(5)6;/h9-10,13H,7-8,11-12,14-15H2,1-6H3,(H,25,28)(H2,23,24,26);1H. The average Bonchev–Trinajstić information content (AvgIpc) is 2.59. The number of halogens is 2. The van der Waals surface area contributed by atoms with Crippen LogP contribution in [0.2, 0.25) is 0 Å².